The van der Waals surface area contributed by atoms with E-state index in [1.807, 2.05) is 0 Å². The van der Waals surface area contributed by atoms with Crippen LogP contribution in [0.4, 0.5) is 8.78 Å². The van der Waals surface area contributed by atoms with Crippen molar-refractivity contribution in [2.45, 2.75) is 19.0 Å². The SMILES string of the molecule is C=CC/C=C/CC(O)(F)F.[Rf]. The molecular weight excluding hydrogens is 405 g/mol. The van der Waals surface area contributed by atoms with E-state index in [9.17, 15) is 8.78 Å². The Labute approximate surface area is 58.7 Å². The molecular formula is C7H10F2ORf. The van der Waals surface area contributed by atoms with Crippen LogP contribution in [0.5, 0.6) is 0 Å². The van der Waals surface area contributed by atoms with Crippen LogP contribution in [0.3, 0.4) is 0 Å². The predicted molar refractivity (Wildman–Crippen MR) is 35.7 cm³/mol. The van der Waals surface area contributed by atoms with Gasteiger partial charge in [0, 0.05) is 0 Å². The summed E-state index contributed by atoms with van der Waals surface area (Å²) in [6.07, 6.45) is 0.694. The van der Waals surface area contributed by atoms with Crippen LogP contribution in [0.2, 0.25) is 0 Å². The Morgan fingerprint density at radius 1 is 1.36 bits per heavy atom. The van der Waals surface area contributed by atoms with Crippen molar-refractivity contribution in [3.63, 3.8) is 0 Å². The third-order valence-electron chi connectivity index (χ3n) is 0.833. The zero-order valence-corrected chi connectivity index (χ0v) is 12.7. The van der Waals surface area contributed by atoms with E-state index in [1.165, 1.54) is 12.2 Å². The number of allylic oxidation sites excluding steroid dienone is 2. The first-order valence-electron chi connectivity index (χ1n) is 2.92. The summed E-state index contributed by atoms with van der Waals surface area (Å²) in [6, 6.07) is 0. The molecule has 0 aliphatic carbocycles. The van der Waals surface area contributed by atoms with Gasteiger partial charge in [0.1, 0.15) is 0 Å². The molecule has 0 atom stereocenters. The van der Waals surface area contributed by atoms with Gasteiger partial charge in [-0.3, -0.25) is 0 Å². The van der Waals surface area contributed by atoms with Crippen LogP contribution >= 0.6 is 0 Å². The van der Waals surface area contributed by atoms with Gasteiger partial charge in [0.05, 0.1) is 6.42 Å². The third-order valence-corrected chi connectivity index (χ3v) is 0.833. The van der Waals surface area contributed by atoms with Crippen LogP contribution < -0.4 is 0 Å². The number of halogens is 2. The summed E-state index contributed by atoms with van der Waals surface area (Å²) in [7, 11) is 0. The predicted octanol–water partition coefficient (Wildman–Crippen LogP) is 2.09. The van der Waals surface area contributed by atoms with Gasteiger partial charge in [-0.15, -0.1) is 6.58 Å². The Bertz CT molecular complexity index is 129. The van der Waals surface area contributed by atoms with Crippen LogP contribution in [-0.2, 0) is 0 Å². The van der Waals surface area contributed by atoms with Gasteiger partial charge >= 0.3 is 6.11 Å². The zero-order chi connectivity index (χ0) is 8.04. The quantitative estimate of drug-likeness (QED) is 0.698. The van der Waals surface area contributed by atoms with Crippen molar-refractivity contribution >= 4 is 0 Å². The van der Waals surface area contributed by atoms with Crippen LogP contribution in [0.1, 0.15) is 12.8 Å². The van der Waals surface area contributed by atoms with E-state index in [1.54, 1.807) is 6.08 Å². The van der Waals surface area contributed by atoms with Gasteiger partial charge in [-0.05, 0) is 6.42 Å². The number of hydrogen-bond donors (Lipinski definition) is 1. The fourth-order valence-corrected chi connectivity index (χ4v) is 0.418. The second-order valence-corrected chi connectivity index (χ2v) is 1.87. The first-order chi connectivity index (χ1) is 4.56. The average Bonchev–Trinajstić information content (AvgIpc) is 1.78. The fraction of sp³-hybridized carbons (Fsp3) is 0.429. The van der Waals surface area contributed by atoms with Gasteiger partial charge < -0.3 is 5.11 Å². The Balaban J connectivity index is 0. The average molecular weight is 415 g/mol. The monoisotopic (exact) mass is 415 g/mol. The number of alkyl halides is 2. The molecule has 0 bridgehead atoms. The molecule has 11 heavy (non-hydrogen) atoms. The van der Waals surface area contributed by atoms with Gasteiger partial charge in [-0.1, -0.05) is 18.2 Å². The van der Waals surface area contributed by atoms with Crippen molar-refractivity contribution in [3.05, 3.63) is 24.8 Å². The molecule has 0 unspecified atom stereocenters. The molecule has 0 heterocycles. The van der Waals surface area contributed by atoms with E-state index in [0.29, 0.717) is 6.42 Å². The topological polar surface area (TPSA) is 20.2 Å². The summed E-state index contributed by atoms with van der Waals surface area (Å²) in [5.74, 6) is 0. The molecule has 0 amide bonds. The van der Waals surface area contributed by atoms with Crippen molar-refractivity contribution in [1.29, 1.82) is 0 Å². The van der Waals surface area contributed by atoms with E-state index < -0.39 is 12.5 Å². The van der Waals surface area contributed by atoms with Crippen LogP contribution in [-0.4, -0.2) is 11.2 Å². The number of hydrogen-bond acceptors (Lipinski definition) is 1. The molecule has 0 aromatic rings. The molecule has 0 saturated heterocycles. The molecule has 1 nitrogen and oxygen atoms in total. The second kappa shape index (κ2) is 5.11. The molecule has 0 spiro atoms. The summed E-state index contributed by atoms with van der Waals surface area (Å²) in [6.45, 7) is 3.39. The first kappa shape index (κ1) is 12.0. The molecule has 4 heteroatoms. The molecule has 0 aliphatic heterocycles. The first-order valence-corrected chi connectivity index (χ1v) is 2.92. The fourth-order valence-electron chi connectivity index (χ4n) is 0.418. The van der Waals surface area contributed by atoms with Gasteiger partial charge in [0.2, 0.25) is 0 Å². The van der Waals surface area contributed by atoms with Gasteiger partial charge in [0.15, 0.2) is 0 Å². The Morgan fingerprint density at radius 2 is 1.91 bits per heavy atom. The minimum absolute atomic E-state index is 0. The van der Waals surface area contributed by atoms with Crippen molar-refractivity contribution < 1.29 is 13.9 Å². The molecule has 0 aromatic heterocycles. The molecule has 0 aliphatic rings. The Hall–Kier alpha value is -1.70. The van der Waals surface area contributed by atoms with Crippen molar-refractivity contribution in [3.8, 4) is 0 Å². The molecule has 0 saturated carbocycles. The van der Waals surface area contributed by atoms with Crippen molar-refractivity contribution in [2.75, 3.05) is 0 Å². The summed E-state index contributed by atoms with van der Waals surface area (Å²) >= 11 is 0. The largest absolute Gasteiger partial charge is 0.356 e. The van der Waals surface area contributed by atoms with Gasteiger partial charge in [0.25, 0.3) is 0 Å². The van der Waals surface area contributed by atoms with E-state index in [-0.39, 0.29) is 0 Å². The van der Waals surface area contributed by atoms with E-state index >= 15 is 0 Å². The van der Waals surface area contributed by atoms with Gasteiger partial charge in [-0.25, -0.2) is 0 Å². The molecule has 0 aromatic carbocycles. The molecule has 0 radical (unpaired) electrons. The minimum atomic E-state index is -3.57. The zero-order valence-electron chi connectivity index (χ0n) is 6.26. The third kappa shape index (κ3) is 11.7. The van der Waals surface area contributed by atoms with Crippen LogP contribution in [0.15, 0.2) is 24.8 Å². The Kier molecular flexibility index (Phi) is 5.59. The Morgan fingerprint density at radius 3 is 2.27 bits per heavy atom. The minimum Gasteiger partial charge on any atom is -0.336 e. The van der Waals surface area contributed by atoms with Crippen molar-refractivity contribution in [1.82, 2.24) is 0 Å². The standard InChI is InChI=1S/C7H10F2O.Rf/c1-2-3-4-5-6-7(8,9)10;/h2,4-5,10H,1,3,6H2;/b5-4+;. The van der Waals surface area contributed by atoms with E-state index in [0.717, 1.165) is 0 Å². The van der Waals surface area contributed by atoms with Crippen molar-refractivity contribution in [2.24, 2.45) is 0 Å². The van der Waals surface area contributed by atoms with E-state index in [2.05, 4.69) is 6.58 Å². The smallest absolute Gasteiger partial charge is 0.336 e. The number of rotatable bonds is 4. The summed E-state index contributed by atoms with van der Waals surface area (Å²) in [4.78, 5) is 0. The maximum atomic E-state index is 11.6. The van der Waals surface area contributed by atoms with E-state index in [4.69, 9.17) is 5.11 Å². The second-order valence-electron chi connectivity index (χ2n) is 1.87. The molecule has 60 valence electrons. The molecule has 1 N–H and O–H groups in total. The molecule has 0 fully saturated rings. The van der Waals surface area contributed by atoms with Crippen LogP contribution in [0.25, 0.3) is 0 Å². The summed E-state index contributed by atoms with van der Waals surface area (Å²) < 4.78 is 23.3. The normalized spacial score (nSPS) is 11.2. The summed E-state index contributed by atoms with van der Waals surface area (Å²) in [5.41, 5.74) is 0. The maximum Gasteiger partial charge on any atom is 0.356 e. The maximum absolute atomic E-state index is 11.6. The van der Waals surface area contributed by atoms with Crippen LogP contribution in [0, 0.1) is 0 Å². The number of aliphatic hydroxyl groups is 1. The van der Waals surface area contributed by atoms with Gasteiger partial charge in [-0.2, -0.15) is 8.78 Å². The molecule has 0 rings (SSSR count). The summed E-state index contributed by atoms with van der Waals surface area (Å²) in [5, 5.41) is 7.91.